The number of rotatable bonds is 6. The highest BCUT2D eigenvalue weighted by Gasteiger charge is 2.37. The molecule has 184 valence electrons. The van der Waals surface area contributed by atoms with Crippen LogP contribution in [0.3, 0.4) is 0 Å². The molecular weight excluding hydrogens is 482 g/mol. The summed E-state index contributed by atoms with van der Waals surface area (Å²) >= 11 is 0. The van der Waals surface area contributed by atoms with E-state index in [-0.39, 0.29) is 22.2 Å². The van der Waals surface area contributed by atoms with Gasteiger partial charge < -0.3 is 14.5 Å². The van der Waals surface area contributed by atoms with E-state index in [0.717, 1.165) is 17.0 Å². The molecule has 0 spiro atoms. The Hall–Kier alpha value is -5.32. The number of anilines is 1. The molecule has 0 bridgehead atoms. The molecule has 11 nitrogen and oxygen atoms in total. The second-order valence-corrected chi connectivity index (χ2v) is 8.15. The molecule has 0 aliphatic carbocycles. The van der Waals surface area contributed by atoms with Crippen LogP contribution in [0.2, 0.25) is 0 Å². The molecule has 1 aliphatic rings. The molecule has 37 heavy (non-hydrogen) atoms. The summed E-state index contributed by atoms with van der Waals surface area (Å²) in [5, 5.41) is 14.0. The second-order valence-electron chi connectivity index (χ2n) is 8.15. The number of fused-ring (bicyclic) bond motifs is 2. The molecule has 3 amide bonds. The first-order valence-electron chi connectivity index (χ1n) is 10.9. The van der Waals surface area contributed by atoms with E-state index in [9.17, 15) is 29.3 Å². The van der Waals surface area contributed by atoms with E-state index in [0.29, 0.717) is 33.7 Å². The topological polar surface area (TPSA) is 149 Å². The van der Waals surface area contributed by atoms with E-state index in [1.54, 1.807) is 42.5 Å². The van der Waals surface area contributed by atoms with E-state index >= 15 is 0 Å². The van der Waals surface area contributed by atoms with Crippen molar-refractivity contribution in [2.45, 2.75) is 0 Å². The lowest BCUT2D eigenvalue weighted by molar-refractivity contribution is -0.384. The summed E-state index contributed by atoms with van der Waals surface area (Å²) in [6, 6.07) is 16.1. The van der Waals surface area contributed by atoms with Crippen LogP contribution >= 0.6 is 0 Å². The highest BCUT2D eigenvalue weighted by molar-refractivity contribution is 6.23. The van der Waals surface area contributed by atoms with Gasteiger partial charge in [-0.25, -0.2) is 0 Å². The molecule has 5 rings (SSSR count). The Balaban J connectivity index is 1.29. The Labute approximate surface area is 208 Å². The number of nitro groups is 1. The number of hydrogen-bond acceptors (Lipinski definition) is 8. The maximum absolute atomic E-state index is 12.6. The lowest BCUT2D eigenvalue weighted by Gasteiger charge is -2.13. The molecule has 1 aromatic heterocycles. The van der Waals surface area contributed by atoms with Gasteiger partial charge in [-0.2, -0.15) is 0 Å². The summed E-state index contributed by atoms with van der Waals surface area (Å²) in [5.74, 6) is -1.25. The van der Waals surface area contributed by atoms with Gasteiger partial charge in [-0.05, 0) is 48.5 Å². The zero-order valence-electron chi connectivity index (χ0n) is 19.2. The number of ether oxygens (including phenoxy) is 1. The van der Waals surface area contributed by atoms with Gasteiger partial charge in [-0.1, -0.05) is 0 Å². The maximum Gasteiger partial charge on any atom is 0.270 e. The lowest BCUT2D eigenvalue weighted by Crippen LogP contribution is -2.37. The number of methoxy groups -OCH3 is 1. The lowest BCUT2D eigenvalue weighted by atomic mass is 10.1. The zero-order chi connectivity index (χ0) is 26.3. The summed E-state index contributed by atoms with van der Waals surface area (Å²) in [4.78, 5) is 61.3. The van der Waals surface area contributed by atoms with Crippen molar-refractivity contribution in [2.75, 3.05) is 19.0 Å². The van der Waals surface area contributed by atoms with E-state index in [1.165, 1.54) is 19.2 Å². The van der Waals surface area contributed by atoms with Crippen molar-refractivity contribution in [3.05, 3.63) is 98.2 Å². The van der Waals surface area contributed by atoms with Crippen LogP contribution in [0.15, 0.2) is 75.9 Å². The number of imide groups is 1. The number of carbonyl (C=O) groups excluding carboxylic acids is 3. The number of hydrogen-bond donors (Lipinski definition) is 1. The Kier molecular flexibility index (Phi) is 5.72. The van der Waals surface area contributed by atoms with Crippen molar-refractivity contribution in [1.82, 2.24) is 4.90 Å². The van der Waals surface area contributed by atoms with Gasteiger partial charge in [0.05, 0.1) is 28.5 Å². The summed E-state index contributed by atoms with van der Waals surface area (Å²) in [7, 11) is 1.51. The van der Waals surface area contributed by atoms with Crippen LogP contribution in [0.25, 0.3) is 22.3 Å². The van der Waals surface area contributed by atoms with E-state index in [4.69, 9.17) is 9.15 Å². The predicted octanol–water partition coefficient (Wildman–Crippen LogP) is 3.61. The SMILES string of the molecule is COc1ccc2oc(-c3ccc(NC(=O)CN4C(=O)c5ccc([N+](=O)[O-])cc5C4=O)cc3)cc(=O)c2c1. The van der Waals surface area contributed by atoms with Crippen LogP contribution in [-0.4, -0.2) is 41.2 Å². The quantitative estimate of drug-likeness (QED) is 0.240. The van der Waals surface area contributed by atoms with Crippen LogP contribution in [0, 0.1) is 10.1 Å². The standard InChI is InChI=1S/C26H17N3O8/c1-36-17-7-9-22-20(11-17)21(30)12-23(37-22)14-2-4-15(5-3-14)27-24(31)13-28-25(32)18-8-6-16(29(34)35)10-19(18)26(28)33/h2-12H,13H2,1H3,(H,27,31). The van der Waals surface area contributed by atoms with Crippen molar-refractivity contribution in [3.8, 4) is 17.1 Å². The van der Waals surface area contributed by atoms with Crippen LogP contribution in [0.1, 0.15) is 20.7 Å². The average Bonchev–Trinajstić information content (AvgIpc) is 3.13. The van der Waals surface area contributed by atoms with Crippen LogP contribution in [0.4, 0.5) is 11.4 Å². The first-order chi connectivity index (χ1) is 17.7. The van der Waals surface area contributed by atoms with E-state index in [2.05, 4.69) is 5.32 Å². The molecule has 1 N–H and O–H groups in total. The van der Waals surface area contributed by atoms with Gasteiger partial charge in [0.15, 0.2) is 5.43 Å². The molecule has 0 radical (unpaired) electrons. The first-order valence-corrected chi connectivity index (χ1v) is 10.9. The number of nitrogens with zero attached hydrogens (tertiary/aromatic N) is 2. The Morgan fingerprint density at radius 3 is 2.41 bits per heavy atom. The molecule has 0 atom stereocenters. The second kappa shape index (κ2) is 9.04. The maximum atomic E-state index is 12.6. The zero-order valence-corrected chi connectivity index (χ0v) is 19.2. The third-order valence-electron chi connectivity index (χ3n) is 5.85. The molecule has 4 aromatic rings. The minimum Gasteiger partial charge on any atom is -0.497 e. The largest absolute Gasteiger partial charge is 0.497 e. The molecule has 0 unspecified atom stereocenters. The fourth-order valence-electron chi connectivity index (χ4n) is 4.00. The predicted molar refractivity (Wildman–Crippen MR) is 132 cm³/mol. The number of benzene rings is 3. The highest BCUT2D eigenvalue weighted by Crippen LogP contribution is 2.28. The number of non-ortho nitro benzene ring substituents is 1. The fourth-order valence-corrected chi connectivity index (χ4v) is 4.00. The number of nitrogens with one attached hydrogen (secondary N) is 1. The van der Waals surface area contributed by atoms with Crippen molar-refractivity contribution in [2.24, 2.45) is 0 Å². The first kappa shape index (κ1) is 23.4. The van der Waals surface area contributed by atoms with Crippen molar-refractivity contribution in [3.63, 3.8) is 0 Å². The minimum atomic E-state index is -0.779. The van der Waals surface area contributed by atoms with Crippen molar-refractivity contribution < 1.29 is 28.5 Å². The normalized spacial score (nSPS) is 12.5. The number of carbonyl (C=O) groups is 3. The van der Waals surface area contributed by atoms with E-state index < -0.39 is 29.2 Å². The van der Waals surface area contributed by atoms with Crippen molar-refractivity contribution >= 4 is 40.1 Å². The van der Waals surface area contributed by atoms with Gasteiger partial charge >= 0.3 is 0 Å². The fraction of sp³-hybridized carbons (Fsp3) is 0.0769. The third kappa shape index (κ3) is 4.29. The molecule has 0 fully saturated rings. The molecule has 0 saturated carbocycles. The molecular formula is C26H17N3O8. The average molecular weight is 499 g/mol. The number of amides is 3. The van der Waals surface area contributed by atoms with E-state index in [1.807, 2.05) is 0 Å². The summed E-state index contributed by atoms with van der Waals surface area (Å²) < 4.78 is 11.0. The summed E-state index contributed by atoms with van der Waals surface area (Å²) in [6.07, 6.45) is 0. The Bertz CT molecular complexity index is 1670. The van der Waals surface area contributed by atoms with Crippen LogP contribution in [0.5, 0.6) is 5.75 Å². The van der Waals surface area contributed by atoms with Gasteiger partial charge in [0.1, 0.15) is 23.6 Å². The Morgan fingerprint density at radius 1 is 0.973 bits per heavy atom. The summed E-state index contributed by atoms with van der Waals surface area (Å²) in [6.45, 7) is -0.565. The van der Waals surface area contributed by atoms with Crippen molar-refractivity contribution in [1.29, 1.82) is 0 Å². The Morgan fingerprint density at radius 2 is 1.70 bits per heavy atom. The monoisotopic (exact) mass is 499 g/mol. The minimum absolute atomic E-state index is 0.00285. The molecule has 1 aliphatic heterocycles. The van der Waals surface area contributed by atoms with Gasteiger partial charge in [0.2, 0.25) is 5.91 Å². The summed E-state index contributed by atoms with van der Waals surface area (Å²) in [5.41, 5.74) is 0.692. The number of nitro benzene ring substituents is 1. The highest BCUT2D eigenvalue weighted by atomic mass is 16.6. The third-order valence-corrected chi connectivity index (χ3v) is 5.85. The van der Waals surface area contributed by atoms with Crippen LogP contribution < -0.4 is 15.5 Å². The van der Waals surface area contributed by atoms with Gasteiger partial charge in [-0.15, -0.1) is 0 Å². The molecule has 0 saturated heterocycles. The van der Waals surface area contributed by atoms with Crippen LogP contribution in [-0.2, 0) is 4.79 Å². The van der Waals surface area contributed by atoms with Gasteiger partial charge in [0.25, 0.3) is 17.5 Å². The molecule has 2 heterocycles. The molecule has 11 heteroatoms. The molecule has 3 aromatic carbocycles. The smallest absolute Gasteiger partial charge is 0.270 e. The van der Waals surface area contributed by atoms with Gasteiger partial charge in [0, 0.05) is 29.4 Å². The van der Waals surface area contributed by atoms with Gasteiger partial charge in [-0.3, -0.25) is 34.2 Å².